The molecule has 0 spiro atoms. The van der Waals surface area contributed by atoms with Crippen molar-refractivity contribution in [3.63, 3.8) is 0 Å². The number of ether oxygens (including phenoxy) is 1. The molecule has 0 radical (unpaired) electrons. The molecule has 0 aliphatic heterocycles. The Labute approximate surface area is 144 Å². The van der Waals surface area contributed by atoms with E-state index in [1.807, 2.05) is 0 Å². The van der Waals surface area contributed by atoms with Crippen molar-refractivity contribution in [2.24, 2.45) is 0 Å². The lowest BCUT2D eigenvalue weighted by Gasteiger charge is -2.13. The Kier molecular flexibility index (Phi) is 4.66. The number of aromatic nitrogens is 1. The van der Waals surface area contributed by atoms with E-state index >= 15 is 0 Å². The average molecular weight is 363 g/mol. The first-order valence-electron chi connectivity index (χ1n) is 7.50. The summed E-state index contributed by atoms with van der Waals surface area (Å²) >= 11 is 0. The number of fused-ring (bicyclic) bond motifs is 1. The summed E-state index contributed by atoms with van der Waals surface area (Å²) in [6.07, 6.45) is 1.05. The van der Waals surface area contributed by atoms with Crippen molar-refractivity contribution in [1.82, 2.24) is 4.57 Å². The molecule has 0 atom stereocenters. The van der Waals surface area contributed by atoms with Crippen LogP contribution in [-0.2, 0) is 6.54 Å². The maximum atomic E-state index is 13.6. The zero-order valence-corrected chi connectivity index (χ0v) is 13.2. The Hall–Kier alpha value is -3.29. The van der Waals surface area contributed by atoms with Crippen LogP contribution in [0.5, 0.6) is 5.75 Å². The molecule has 0 aliphatic carbocycles. The number of rotatable bonds is 5. The first-order chi connectivity index (χ1) is 12.4. The highest BCUT2D eigenvalue weighted by Gasteiger charge is 2.17. The molecule has 0 saturated heterocycles. The summed E-state index contributed by atoms with van der Waals surface area (Å²) in [5.74, 6) is -3.92. The van der Waals surface area contributed by atoms with Crippen LogP contribution in [0.25, 0.3) is 10.9 Å². The van der Waals surface area contributed by atoms with E-state index < -0.39 is 34.4 Å². The van der Waals surface area contributed by atoms with Crippen molar-refractivity contribution in [3.8, 4) is 5.75 Å². The number of halogens is 3. The number of carboxylic acids is 1. The molecule has 0 aliphatic rings. The minimum atomic E-state index is -1.48. The smallest absolute Gasteiger partial charge is 0.341 e. The maximum absolute atomic E-state index is 13.6. The van der Waals surface area contributed by atoms with Gasteiger partial charge in [-0.05, 0) is 30.3 Å². The zero-order chi connectivity index (χ0) is 18.8. The van der Waals surface area contributed by atoms with Gasteiger partial charge in [0.25, 0.3) is 0 Å². The molecule has 1 N–H and O–H groups in total. The summed E-state index contributed by atoms with van der Waals surface area (Å²) in [6, 6.07) is 6.76. The molecule has 1 aromatic heterocycles. The van der Waals surface area contributed by atoms with Crippen LogP contribution < -0.4 is 10.2 Å². The first kappa shape index (κ1) is 17.5. The second kappa shape index (κ2) is 6.91. The molecule has 0 bridgehead atoms. The topological polar surface area (TPSA) is 68.5 Å². The Bertz CT molecular complexity index is 1040. The van der Waals surface area contributed by atoms with Crippen LogP contribution in [0.15, 0.2) is 47.4 Å². The van der Waals surface area contributed by atoms with Gasteiger partial charge < -0.3 is 14.4 Å². The second-order valence-electron chi connectivity index (χ2n) is 5.46. The Morgan fingerprint density at radius 1 is 1.08 bits per heavy atom. The summed E-state index contributed by atoms with van der Waals surface area (Å²) in [4.78, 5) is 23.4. The number of hydrogen-bond acceptors (Lipinski definition) is 3. The van der Waals surface area contributed by atoms with Crippen molar-refractivity contribution in [2.45, 2.75) is 6.54 Å². The van der Waals surface area contributed by atoms with Crippen LogP contribution in [0.4, 0.5) is 13.2 Å². The van der Waals surface area contributed by atoms with E-state index in [4.69, 9.17) is 9.84 Å². The number of hydrogen-bond donors (Lipinski definition) is 1. The third-order valence-corrected chi connectivity index (χ3v) is 3.77. The normalized spacial score (nSPS) is 10.9. The average Bonchev–Trinajstić information content (AvgIpc) is 2.60. The van der Waals surface area contributed by atoms with Crippen molar-refractivity contribution < 1.29 is 27.8 Å². The van der Waals surface area contributed by atoms with Gasteiger partial charge >= 0.3 is 5.97 Å². The largest absolute Gasteiger partial charge is 0.492 e. The van der Waals surface area contributed by atoms with Gasteiger partial charge in [0, 0.05) is 17.6 Å². The number of pyridine rings is 1. The van der Waals surface area contributed by atoms with Crippen LogP contribution >= 0.6 is 0 Å². The fourth-order valence-electron chi connectivity index (χ4n) is 2.51. The molecule has 2 aromatic carbocycles. The zero-order valence-electron chi connectivity index (χ0n) is 13.2. The van der Waals surface area contributed by atoms with Crippen LogP contribution in [0.2, 0.25) is 0 Å². The minimum absolute atomic E-state index is 0.0294. The van der Waals surface area contributed by atoms with Gasteiger partial charge in [0.05, 0.1) is 12.1 Å². The fourth-order valence-corrected chi connectivity index (χ4v) is 2.51. The van der Waals surface area contributed by atoms with Gasteiger partial charge in [-0.25, -0.2) is 18.0 Å². The lowest BCUT2D eigenvalue weighted by Crippen LogP contribution is -2.21. The molecule has 134 valence electrons. The molecular weight excluding hydrogens is 351 g/mol. The SMILES string of the molecule is O=C(O)c1cn(CCOc2ccc(F)cc2)c2cc(F)c(F)cc2c1=O. The lowest BCUT2D eigenvalue weighted by atomic mass is 10.1. The lowest BCUT2D eigenvalue weighted by molar-refractivity contribution is 0.0694. The monoisotopic (exact) mass is 363 g/mol. The number of aromatic carboxylic acids is 1. The van der Waals surface area contributed by atoms with E-state index in [1.165, 1.54) is 28.8 Å². The molecule has 8 heteroatoms. The van der Waals surface area contributed by atoms with Gasteiger partial charge in [-0.15, -0.1) is 0 Å². The quantitative estimate of drug-likeness (QED) is 0.756. The van der Waals surface area contributed by atoms with E-state index in [-0.39, 0.29) is 24.1 Å². The Morgan fingerprint density at radius 3 is 2.38 bits per heavy atom. The molecule has 0 amide bonds. The molecule has 5 nitrogen and oxygen atoms in total. The number of carbonyl (C=O) groups is 1. The fraction of sp³-hybridized carbons (Fsp3) is 0.111. The molecule has 0 unspecified atom stereocenters. The van der Waals surface area contributed by atoms with Crippen LogP contribution in [-0.4, -0.2) is 22.2 Å². The highest BCUT2D eigenvalue weighted by Crippen LogP contribution is 2.18. The van der Waals surface area contributed by atoms with Gasteiger partial charge in [0.2, 0.25) is 5.43 Å². The summed E-state index contributed by atoms with van der Waals surface area (Å²) in [7, 11) is 0. The Balaban J connectivity index is 1.96. The van der Waals surface area contributed by atoms with E-state index in [2.05, 4.69) is 0 Å². The third-order valence-electron chi connectivity index (χ3n) is 3.77. The second-order valence-corrected chi connectivity index (χ2v) is 5.46. The maximum Gasteiger partial charge on any atom is 0.341 e. The predicted molar refractivity (Wildman–Crippen MR) is 87.0 cm³/mol. The van der Waals surface area contributed by atoms with Crippen molar-refractivity contribution in [3.05, 3.63) is 75.8 Å². The highest BCUT2D eigenvalue weighted by molar-refractivity contribution is 5.92. The Morgan fingerprint density at radius 2 is 1.73 bits per heavy atom. The van der Waals surface area contributed by atoms with E-state index in [9.17, 15) is 22.8 Å². The van der Waals surface area contributed by atoms with Crippen LogP contribution in [0.3, 0.4) is 0 Å². The molecule has 3 aromatic rings. The van der Waals surface area contributed by atoms with E-state index in [0.717, 1.165) is 12.3 Å². The predicted octanol–water partition coefficient (Wildman–Crippen LogP) is 3.20. The van der Waals surface area contributed by atoms with Crippen molar-refractivity contribution >= 4 is 16.9 Å². The van der Waals surface area contributed by atoms with Gasteiger partial charge in [0.1, 0.15) is 23.7 Å². The summed E-state index contributed by atoms with van der Waals surface area (Å²) < 4.78 is 46.6. The summed E-state index contributed by atoms with van der Waals surface area (Å²) in [5, 5.41) is 8.91. The molecule has 1 heterocycles. The van der Waals surface area contributed by atoms with Crippen molar-refractivity contribution in [2.75, 3.05) is 6.61 Å². The number of nitrogens with zero attached hydrogens (tertiary/aromatic N) is 1. The highest BCUT2D eigenvalue weighted by atomic mass is 19.2. The van der Waals surface area contributed by atoms with Gasteiger partial charge in [0.15, 0.2) is 11.6 Å². The summed E-state index contributed by atoms with van der Waals surface area (Å²) in [5.41, 5.74) is -1.42. The minimum Gasteiger partial charge on any atom is -0.492 e. The van der Waals surface area contributed by atoms with Crippen LogP contribution in [0, 0.1) is 17.5 Å². The number of benzene rings is 2. The van der Waals surface area contributed by atoms with Gasteiger partial charge in [-0.3, -0.25) is 4.79 Å². The molecule has 0 fully saturated rings. The first-order valence-corrected chi connectivity index (χ1v) is 7.50. The van der Waals surface area contributed by atoms with Crippen molar-refractivity contribution in [1.29, 1.82) is 0 Å². The number of carboxylic acid groups (broad SMARTS) is 1. The van der Waals surface area contributed by atoms with E-state index in [0.29, 0.717) is 11.8 Å². The van der Waals surface area contributed by atoms with Crippen LogP contribution in [0.1, 0.15) is 10.4 Å². The van der Waals surface area contributed by atoms with E-state index in [1.54, 1.807) is 0 Å². The standard InChI is InChI=1S/C18H12F3NO4/c19-10-1-3-11(4-2-10)26-6-5-22-9-13(18(24)25)17(23)12-7-14(20)15(21)8-16(12)22/h1-4,7-9H,5-6H2,(H,24,25). The van der Waals surface area contributed by atoms with Gasteiger partial charge in [-0.2, -0.15) is 0 Å². The summed E-state index contributed by atoms with van der Waals surface area (Å²) in [6.45, 7) is 0.0845. The third kappa shape index (κ3) is 3.39. The molecular formula is C18H12F3NO4. The molecule has 3 rings (SSSR count). The van der Waals surface area contributed by atoms with Gasteiger partial charge in [-0.1, -0.05) is 0 Å². The molecule has 26 heavy (non-hydrogen) atoms. The molecule has 0 saturated carbocycles.